The Morgan fingerprint density at radius 2 is 1.88 bits per heavy atom. The first-order chi connectivity index (χ1) is 7.70. The van der Waals surface area contributed by atoms with Gasteiger partial charge in [-0.2, -0.15) is 0 Å². The summed E-state index contributed by atoms with van der Waals surface area (Å²) >= 11 is 0. The molecule has 0 aliphatic carbocycles. The van der Waals surface area contributed by atoms with Crippen molar-refractivity contribution in [3.05, 3.63) is 0 Å². The van der Waals surface area contributed by atoms with Crippen molar-refractivity contribution >= 4 is 5.96 Å². The topological polar surface area (TPSA) is 36.4 Å². The number of guanidine groups is 1. The molecule has 0 spiro atoms. The second-order valence-electron chi connectivity index (χ2n) is 4.58. The van der Waals surface area contributed by atoms with E-state index in [1.807, 2.05) is 0 Å². The van der Waals surface area contributed by atoms with E-state index in [1.165, 1.54) is 19.3 Å². The van der Waals surface area contributed by atoms with Gasteiger partial charge in [-0.1, -0.05) is 33.6 Å². The van der Waals surface area contributed by atoms with Crippen LogP contribution in [-0.2, 0) is 0 Å². The number of aliphatic imine (C=N–C) groups is 1. The van der Waals surface area contributed by atoms with Crippen molar-refractivity contribution in [2.45, 2.75) is 53.4 Å². The molecule has 0 amide bonds. The zero-order valence-electron chi connectivity index (χ0n) is 11.5. The average Bonchev–Trinajstić information content (AvgIpc) is 2.24. The lowest BCUT2D eigenvalue weighted by molar-refractivity contribution is 0.534. The van der Waals surface area contributed by atoms with Crippen LogP contribution in [0.15, 0.2) is 4.99 Å². The van der Waals surface area contributed by atoms with Crippen LogP contribution >= 0.6 is 0 Å². The number of hydrogen-bond donors (Lipinski definition) is 2. The summed E-state index contributed by atoms with van der Waals surface area (Å²) in [5.41, 5.74) is 0. The largest absolute Gasteiger partial charge is 0.357 e. The van der Waals surface area contributed by atoms with Gasteiger partial charge in [0, 0.05) is 19.6 Å². The predicted molar refractivity (Wildman–Crippen MR) is 73.0 cm³/mol. The van der Waals surface area contributed by atoms with Gasteiger partial charge in [-0.15, -0.1) is 0 Å². The summed E-state index contributed by atoms with van der Waals surface area (Å²) in [5, 5.41) is 6.62. The maximum Gasteiger partial charge on any atom is 0.191 e. The molecule has 0 saturated carbocycles. The van der Waals surface area contributed by atoms with E-state index < -0.39 is 0 Å². The molecule has 0 saturated heterocycles. The minimum Gasteiger partial charge on any atom is -0.357 e. The molecule has 0 aliphatic heterocycles. The summed E-state index contributed by atoms with van der Waals surface area (Å²) in [5.74, 6) is 1.79. The summed E-state index contributed by atoms with van der Waals surface area (Å²) in [6.07, 6.45) is 4.96. The summed E-state index contributed by atoms with van der Waals surface area (Å²) in [7, 11) is 0. The van der Waals surface area contributed by atoms with Crippen LogP contribution in [0.1, 0.15) is 53.4 Å². The smallest absolute Gasteiger partial charge is 0.191 e. The van der Waals surface area contributed by atoms with Crippen LogP contribution in [0.5, 0.6) is 0 Å². The molecule has 0 aromatic heterocycles. The molecule has 0 bridgehead atoms. The van der Waals surface area contributed by atoms with Crippen LogP contribution in [0.3, 0.4) is 0 Å². The maximum atomic E-state index is 4.46. The second kappa shape index (κ2) is 10.8. The van der Waals surface area contributed by atoms with Crippen molar-refractivity contribution in [3.63, 3.8) is 0 Å². The van der Waals surface area contributed by atoms with Gasteiger partial charge >= 0.3 is 0 Å². The van der Waals surface area contributed by atoms with Crippen LogP contribution in [0.25, 0.3) is 0 Å². The van der Waals surface area contributed by atoms with E-state index in [9.17, 15) is 0 Å². The van der Waals surface area contributed by atoms with Gasteiger partial charge in [-0.3, -0.25) is 4.99 Å². The molecule has 96 valence electrons. The number of rotatable bonds is 8. The van der Waals surface area contributed by atoms with Gasteiger partial charge in [0.15, 0.2) is 5.96 Å². The minimum absolute atomic E-state index is 0.821. The highest BCUT2D eigenvalue weighted by molar-refractivity contribution is 5.79. The first kappa shape index (κ1) is 15.3. The van der Waals surface area contributed by atoms with Gasteiger partial charge in [0.1, 0.15) is 0 Å². The third-order valence-corrected chi connectivity index (χ3v) is 2.34. The summed E-state index contributed by atoms with van der Waals surface area (Å²) in [4.78, 5) is 4.46. The zero-order valence-corrected chi connectivity index (χ0v) is 11.5. The van der Waals surface area contributed by atoms with Crippen molar-refractivity contribution in [2.75, 3.05) is 19.6 Å². The van der Waals surface area contributed by atoms with E-state index >= 15 is 0 Å². The SMILES string of the molecule is CCCN=C(NCC)NCCCCC(C)C. The van der Waals surface area contributed by atoms with Crippen LogP contribution in [0.2, 0.25) is 0 Å². The van der Waals surface area contributed by atoms with Crippen LogP contribution in [0, 0.1) is 5.92 Å². The lowest BCUT2D eigenvalue weighted by Gasteiger charge is -2.11. The number of nitrogens with one attached hydrogen (secondary N) is 2. The Kier molecular flexibility index (Phi) is 10.3. The lowest BCUT2D eigenvalue weighted by Crippen LogP contribution is -2.37. The highest BCUT2D eigenvalue weighted by atomic mass is 15.2. The molecule has 0 atom stereocenters. The first-order valence-corrected chi connectivity index (χ1v) is 6.72. The molecule has 0 aromatic rings. The fourth-order valence-electron chi connectivity index (χ4n) is 1.45. The fourth-order valence-corrected chi connectivity index (χ4v) is 1.45. The van der Waals surface area contributed by atoms with Crippen molar-refractivity contribution in [1.29, 1.82) is 0 Å². The Morgan fingerprint density at radius 3 is 2.44 bits per heavy atom. The van der Waals surface area contributed by atoms with Gasteiger partial charge in [0.25, 0.3) is 0 Å². The molecule has 0 aliphatic rings. The Bertz CT molecular complexity index is 176. The van der Waals surface area contributed by atoms with Gasteiger partial charge in [-0.05, 0) is 25.7 Å². The van der Waals surface area contributed by atoms with E-state index in [4.69, 9.17) is 0 Å². The van der Waals surface area contributed by atoms with E-state index in [0.717, 1.165) is 37.9 Å². The third-order valence-electron chi connectivity index (χ3n) is 2.34. The highest BCUT2D eigenvalue weighted by Gasteiger charge is 1.97. The van der Waals surface area contributed by atoms with E-state index in [1.54, 1.807) is 0 Å². The molecule has 0 aromatic carbocycles. The number of nitrogens with zero attached hydrogens (tertiary/aromatic N) is 1. The zero-order chi connectivity index (χ0) is 12.2. The van der Waals surface area contributed by atoms with E-state index in [2.05, 4.69) is 43.3 Å². The Labute approximate surface area is 101 Å². The van der Waals surface area contributed by atoms with Crippen LogP contribution in [-0.4, -0.2) is 25.6 Å². The van der Waals surface area contributed by atoms with Crippen molar-refractivity contribution in [2.24, 2.45) is 10.9 Å². The molecule has 3 nitrogen and oxygen atoms in total. The molecule has 0 fully saturated rings. The quantitative estimate of drug-likeness (QED) is 0.380. The molecule has 16 heavy (non-hydrogen) atoms. The molecule has 0 rings (SSSR count). The summed E-state index contributed by atoms with van der Waals surface area (Å²) in [6, 6.07) is 0. The van der Waals surface area contributed by atoms with Gasteiger partial charge in [0.2, 0.25) is 0 Å². The molecule has 0 heterocycles. The van der Waals surface area contributed by atoms with Gasteiger partial charge in [0.05, 0.1) is 0 Å². The maximum absolute atomic E-state index is 4.46. The minimum atomic E-state index is 0.821. The fraction of sp³-hybridized carbons (Fsp3) is 0.923. The van der Waals surface area contributed by atoms with Crippen LogP contribution < -0.4 is 10.6 Å². The highest BCUT2D eigenvalue weighted by Crippen LogP contribution is 2.04. The monoisotopic (exact) mass is 227 g/mol. The van der Waals surface area contributed by atoms with E-state index in [-0.39, 0.29) is 0 Å². The van der Waals surface area contributed by atoms with E-state index in [0.29, 0.717) is 0 Å². The Morgan fingerprint density at radius 1 is 1.12 bits per heavy atom. The van der Waals surface area contributed by atoms with Crippen molar-refractivity contribution in [1.82, 2.24) is 10.6 Å². The van der Waals surface area contributed by atoms with Crippen molar-refractivity contribution in [3.8, 4) is 0 Å². The third kappa shape index (κ3) is 9.81. The average molecular weight is 227 g/mol. The summed E-state index contributed by atoms with van der Waals surface area (Å²) < 4.78 is 0. The van der Waals surface area contributed by atoms with Crippen molar-refractivity contribution < 1.29 is 0 Å². The molecular weight excluding hydrogens is 198 g/mol. The molecule has 0 radical (unpaired) electrons. The molecule has 0 unspecified atom stereocenters. The summed E-state index contributed by atoms with van der Waals surface area (Å²) in [6.45, 7) is 11.7. The number of unbranched alkanes of at least 4 members (excludes halogenated alkanes) is 1. The normalized spacial score (nSPS) is 11.9. The van der Waals surface area contributed by atoms with Crippen LogP contribution in [0.4, 0.5) is 0 Å². The Hall–Kier alpha value is -0.730. The predicted octanol–water partition coefficient (Wildman–Crippen LogP) is 2.78. The molecular formula is C13H29N3. The van der Waals surface area contributed by atoms with Gasteiger partial charge < -0.3 is 10.6 Å². The standard InChI is InChI=1S/C13H29N3/c1-5-10-15-13(14-6-2)16-11-8-7-9-12(3)4/h12H,5-11H2,1-4H3,(H2,14,15,16). The first-order valence-electron chi connectivity index (χ1n) is 6.72. The molecule has 2 N–H and O–H groups in total. The molecule has 3 heteroatoms. The Balaban J connectivity index is 3.59. The second-order valence-corrected chi connectivity index (χ2v) is 4.58. The lowest BCUT2D eigenvalue weighted by atomic mass is 10.1. The number of hydrogen-bond acceptors (Lipinski definition) is 1. The van der Waals surface area contributed by atoms with Gasteiger partial charge in [-0.25, -0.2) is 0 Å².